The van der Waals surface area contributed by atoms with Crippen molar-refractivity contribution in [3.63, 3.8) is 0 Å². The Hall–Kier alpha value is -1.36. The minimum atomic E-state index is 0.0965. The molecule has 0 spiro atoms. The van der Waals surface area contributed by atoms with Gasteiger partial charge >= 0.3 is 0 Å². The van der Waals surface area contributed by atoms with E-state index in [4.69, 9.17) is 0 Å². The van der Waals surface area contributed by atoms with Gasteiger partial charge in [-0.05, 0) is 24.8 Å². The lowest BCUT2D eigenvalue weighted by molar-refractivity contribution is -0.121. The van der Waals surface area contributed by atoms with Gasteiger partial charge in [0.15, 0.2) is 0 Å². The number of rotatable bonds is 4. The third kappa shape index (κ3) is 2.87. The number of hydrogen-bond donors (Lipinski definition) is 1. The highest BCUT2D eigenvalue weighted by Crippen LogP contribution is 2.29. The van der Waals surface area contributed by atoms with Gasteiger partial charge in [0.2, 0.25) is 5.91 Å². The van der Waals surface area contributed by atoms with Gasteiger partial charge < -0.3 is 5.32 Å². The van der Waals surface area contributed by atoms with Crippen molar-refractivity contribution >= 4 is 5.91 Å². The normalized spacial score (nSPS) is 23.8. The van der Waals surface area contributed by atoms with Crippen LogP contribution in [0, 0.1) is 5.92 Å². The molecule has 20 heavy (non-hydrogen) atoms. The Balaban J connectivity index is 1.68. The first kappa shape index (κ1) is 13.6. The van der Waals surface area contributed by atoms with E-state index in [0.717, 1.165) is 19.0 Å². The second-order valence-electron chi connectivity index (χ2n) is 6.14. The molecule has 2 aliphatic rings. The molecule has 1 saturated carbocycles. The molecule has 1 aromatic rings. The van der Waals surface area contributed by atoms with E-state index in [1.54, 1.807) is 7.05 Å². The highest BCUT2D eigenvalue weighted by Gasteiger charge is 2.29. The Kier molecular flexibility index (Phi) is 4.05. The molecule has 1 fully saturated rings. The third-order valence-corrected chi connectivity index (χ3v) is 4.64. The summed E-state index contributed by atoms with van der Waals surface area (Å²) in [6.07, 6.45) is 7.89. The number of fused-ring (bicyclic) bond motifs is 1. The average Bonchev–Trinajstić information content (AvgIpc) is 3.09. The molecule has 0 bridgehead atoms. The van der Waals surface area contributed by atoms with Gasteiger partial charge in [0.05, 0.1) is 18.2 Å². The highest BCUT2D eigenvalue weighted by molar-refractivity contribution is 5.76. The molecule has 1 aliphatic carbocycles. The van der Waals surface area contributed by atoms with Crippen LogP contribution in [0.25, 0.3) is 0 Å². The van der Waals surface area contributed by atoms with Crippen molar-refractivity contribution in [1.82, 2.24) is 20.0 Å². The van der Waals surface area contributed by atoms with Crippen LogP contribution in [-0.2, 0) is 11.3 Å². The Morgan fingerprint density at radius 1 is 1.45 bits per heavy atom. The van der Waals surface area contributed by atoms with Crippen LogP contribution in [0.5, 0.6) is 0 Å². The standard InChI is InChI=1S/C15H24N4O/c1-16-15(20)8-14-11-18(9-12-4-2-3-5-12)10-13-6-7-17-19(13)14/h6-7,12,14H,2-5,8-11H2,1H3,(H,16,20)/t14-/m0/s1. The fourth-order valence-electron chi connectivity index (χ4n) is 3.63. The van der Waals surface area contributed by atoms with Crippen LogP contribution >= 0.6 is 0 Å². The monoisotopic (exact) mass is 276 g/mol. The zero-order chi connectivity index (χ0) is 13.9. The average molecular weight is 276 g/mol. The number of carbonyl (C=O) groups excluding carboxylic acids is 1. The van der Waals surface area contributed by atoms with Crippen LogP contribution < -0.4 is 5.32 Å². The van der Waals surface area contributed by atoms with Crippen LogP contribution in [0.3, 0.4) is 0 Å². The van der Waals surface area contributed by atoms with Gasteiger partial charge in [0.1, 0.15) is 0 Å². The van der Waals surface area contributed by atoms with E-state index in [9.17, 15) is 4.79 Å². The summed E-state index contributed by atoms with van der Waals surface area (Å²) in [6, 6.07) is 2.26. The molecule has 5 heteroatoms. The smallest absolute Gasteiger partial charge is 0.221 e. The van der Waals surface area contributed by atoms with E-state index in [2.05, 4.69) is 21.4 Å². The van der Waals surface area contributed by atoms with Crippen LogP contribution in [0.4, 0.5) is 0 Å². The van der Waals surface area contributed by atoms with Gasteiger partial charge in [-0.25, -0.2) is 0 Å². The molecule has 0 aromatic carbocycles. The zero-order valence-electron chi connectivity index (χ0n) is 12.2. The van der Waals surface area contributed by atoms with E-state index in [1.807, 2.05) is 10.9 Å². The zero-order valence-corrected chi connectivity index (χ0v) is 12.2. The van der Waals surface area contributed by atoms with Crippen molar-refractivity contribution in [1.29, 1.82) is 0 Å². The lowest BCUT2D eigenvalue weighted by atomic mass is 10.0. The summed E-state index contributed by atoms with van der Waals surface area (Å²) < 4.78 is 2.04. The molecule has 1 aliphatic heterocycles. The largest absolute Gasteiger partial charge is 0.359 e. The van der Waals surface area contributed by atoms with Gasteiger partial charge in [-0.15, -0.1) is 0 Å². The molecule has 5 nitrogen and oxygen atoms in total. The topological polar surface area (TPSA) is 50.2 Å². The van der Waals surface area contributed by atoms with E-state index < -0.39 is 0 Å². The lowest BCUT2D eigenvalue weighted by Gasteiger charge is -2.35. The highest BCUT2D eigenvalue weighted by atomic mass is 16.1. The van der Waals surface area contributed by atoms with Crippen molar-refractivity contribution < 1.29 is 4.79 Å². The molecule has 0 radical (unpaired) electrons. The SMILES string of the molecule is CNC(=O)C[C@H]1CN(CC2CCCC2)Cc2ccnn21. The molecule has 2 heterocycles. The Labute approximate surface area is 120 Å². The maximum Gasteiger partial charge on any atom is 0.221 e. The molecule has 1 N–H and O–H groups in total. The molecule has 110 valence electrons. The van der Waals surface area contributed by atoms with Gasteiger partial charge in [0, 0.05) is 32.9 Å². The molecular weight excluding hydrogens is 252 g/mol. The molecule has 1 atom stereocenters. The van der Waals surface area contributed by atoms with Crippen LogP contribution in [0.1, 0.15) is 43.8 Å². The quantitative estimate of drug-likeness (QED) is 0.908. The summed E-state index contributed by atoms with van der Waals surface area (Å²) in [7, 11) is 1.70. The fraction of sp³-hybridized carbons (Fsp3) is 0.733. The summed E-state index contributed by atoms with van der Waals surface area (Å²) in [5, 5.41) is 7.13. The van der Waals surface area contributed by atoms with Gasteiger partial charge in [-0.3, -0.25) is 14.4 Å². The Bertz CT molecular complexity index is 464. The van der Waals surface area contributed by atoms with Crippen LogP contribution in [0.2, 0.25) is 0 Å². The maximum atomic E-state index is 11.7. The van der Waals surface area contributed by atoms with Crippen molar-refractivity contribution in [2.75, 3.05) is 20.1 Å². The number of carbonyl (C=O) groups is 1. The second-order valence-corrected chi connectivity index (χ2v) is 6.14. The third-order valence-electron chi connectivity index (χ3n) is 4.64. The first-order valence-electron chi connectivity index (χ1n) is 7.71. The van der Waals surface area contributed by atoms with Gasteiger partial charge in [-0.2, -0.15) is 5.10 Å². The number of nitrogens with one attached hydrogen (secondary N) is 1. The molecular formula is C15H24N4O. The van der Waals surface area contributed by atoms with Crippen molar-refractivity contribution in [2.45, 2.75) is 44.7 Å². The van der Waals surface area contributed by atoms with Crippen molar-refractivity contribution in [3.05, 3.63) is 18.0 Å². The maximum absolute atomic E-state index is 11.7. The number of aromatic nitrogens is 2. The van der Waals surface area contributed by atoms with Crippen LogP contribution in [0.15, 0.2) is 12.3 Å². The van der Waals surface area contributed by atoms with E-state index in [1.165, 1.54) is 37.9 Å². The number of amides is 1. The summed E-state index contributed by atoms with van der Waals surface area (Å²) in [6.45, 7) is 3.09. The summed E-state index contributed by atoms with van der Waals surface area (Å²) >= 11 is 0. The van der Waals surface area contributed by atoms with Crippen LogP contribution in [-0.4, -0.2) is 40.7 Å². The molecule has 0 saturated heterocycles. The summed E-state index contributed by atoms with van der Waals surface area (Å²) in [5.74, 6) is 0.948. The molecule has 3 rings (SSSR count). The molecule has 1 amide bonds. The Morgan fingerprint density at radius 3 is 3.00 bits per heavy atom. The van der Waals surface area contributed by atoms with Crippen molar-refractivity contribution in [3.8, 4) is 0 Å². The predicted octanol–water partition coefficient (Wildman–Crippen LogP) is 1.57. The minimum Gasteiger partial charge on any atom is -0.359 e. The van der Waals surface area contributed by atoms with E-state index in [0.29, 0.717) is 6.42 Å². The molecule has 1 aromatic heterocycles. The number of hydrogen-bond acceptors (Lipinski definition) is 3. The number of nitrogens with zero attached hydrogens (tertiary/aromatic N) is 3. The summed E-state index contributed by atoms with van der Waals surface area (Å²) in [5.41, 5.74) is 1.24. The van der Waals surface area contributed by atoms with Gasteiger partial charge in [0.25, 0.3) is 0 Å². The van der Waals surface area contributed by atoms with E-state index >= 15 is 0 Å². The first-order valence-corrected chi connectivity index (χ1v) is 7.71. The lowest BCUT2D eigenvalue weighted by Crippen LogP contribution is -2.41. The summed E-state index contributed by atoms with van der Waals surface area (Å²) in [4.78, 5) is 14.2. The van der Waals surface area contributed by atoms with Crippen molar-refractivity contribution in [2.24, 2.45) is 5.92 Å². The van der Waals surface area contributed by atoms with Gasteiger partial charge in [-0.1, -0.05) is 12.8 Å². The van der Waals surface area contributed by atoms with E-state index in [-0.39, 0.29) is 11.9 Å². The predicted molar refractivity (Wildman–Crippen MR) is 77.2 cm³/mol. The Morgan fingerprint density at radius 2 is 2.25 bits per heavy atom. The minimum absolute atomic E-state index is 0.0965. The molecule has 0 unspecified atom stereocenters. The second kappa shape index (κ2) is 5.95. The fourth-order valence-corrected chi connectivity index (χ4v) is 3.63. The first-order chi connectivity index (χ1) is 9.76.